The van der Waals surface area contributed by atoms with Crippen molar-refractivity contribution in [1.82, 2.24) is 5.32 Å². The van der Waals surface area contributed by atoms with Gasteiger partial charge in [0, 0.05) is 18.0 Å². The van der Waals surface area contributed by atoms with Gasteiger partial charge in [-0.05, 0) is 48.9 Å². The number of rotatable bonds is 12. The number of carbonyl (C=O) groups excluding carboxylic acids is 1. The molecular formula is C25H27ClN2O5S. The Bertz CT molecular complexity index is 1170. The third-order valence-corrected chi connectivity index (χ3v) is 6.18. The van der Waals surface area contributed by atoms with Gasteiger partial charge in [0.2, 0.25) is 15.9 Å². The average Bonchev–Trinajstić information content (AvgIpc) is 2.81. The van der Waals surface area contributed by atoms with Crippen molar-refractivity contribution in [2.45, 2.75) is 12.8 Å². The molecule has 1 N–H and O–H groups in total. The maximum atomic E-state index is 12.6. The Labute approximate surface area is 205 Å². The molecule has 3 aromatic carbocycles. The van der Waals surface area contributed by atoms with Crippen molar-refractivity contribution in [2.24, 2.45) is 0 Å². The molecular weight excluding hydrogens is 476 g/mol. The number of benzene rings is 3. The number of nitrogens with zero attached hydrogens (tertiary/aromatic N) is 1. The van der Waals surface area contributed by atoms with E-state index in [1.54, 1.807) is 30.3 Å². The monoisotopic (exact) mass is 502 g/mol. The van der Waals surface area contributed by atoms with Crippen LogP contribution in [-0.2, 0) is 14.8 Å². The highest BCUT2D eigenvalue weighted by Gasteiger charge is 2.22. The highest BCUT2D eigenvalue weighted by Crippen LogP contribution is 2.36. The Morgan fingerprint density at radius 1 is 0.971 bits per heavy atom. The first-order valence-corrected chi connectivity index (χ1v) is 13.0. The number of halogens is 1. The van der Waals surface area contributed by atoms with E-state index in [9.17, 15) is 13.2 Å². The van der Waals surface area contributed by atoms with E-state index in [0.29, 0.717) is 41.8 Å². The fourth-order valence-corrected chi connectivity index (χ4v) is 4.33. The summed E-state index contributed by atoms with van der Waals surface area (Å²) in [4.78, 5) is 12.2. The van der Waals surface area contributed by atoms with Crippen LogP contribution < -0.4 is 19.1 Å². The zero-order valence-electron chi connectivity index (χ0n) is 18.8. The summed E-state index contributed by atoms with van der Waals surface area (Å²) in [5.41, 5.74) is 0.315. The van der Waals surface area contributed by atoms with E-state index in [1.165, 1.54) is 4.31 Å². The highest BCUT2D eigenvalue weighted by atomic mass is 35.5. The maximum absolute atomic E-state index is 12.6. The van der Waals surface area contributed by atoms with Crippen LogP contribution in [0.2, 0.25) is 5.02 Å². The van der Waals surface area contributed by atoms with Crippen LogP contribution in [0.25, 0.3) is 0 Å². The Kier molecular flexibility index (Phi) is 9.18. The second-order valence-corrected chi connectivity index (χ2v) is 9.82. The van der Waals surface area contributed by atoms with Crippen LogP contribution in [0.5, 0.6) is 17.2 Å². The molecule has 0 atom stereocenters. The van der Waals surface area contributed by atoms with Gasteiger partial charge in [0.15, 0.2) is 5.75 Å². The molecule has 0 heterocycles. The zero-order valence-corrected chi connectivity index (χ0v) is 20.4. The second kappa shape index (κ2) is 12.3. The standard InChI is InChI=1S/C25H27ClN2O5S/c1-34(30,31)28(17-8-13-25(29)27-16-18-32-21-9-4-2-5-10-21)23-19-20(26)14-15-24(23)33-22-11-6-3-7-12-22/h2-7,9-12,14-15,19H,8,13,16-18H2,1H3,(H,27,29). The molecule has 0 radical (unpaired) electrons. The number of para-hydroxylation sites is 2. The summed E-state index contributed by atoms with van der Waals surface area (Å²) in [5, 5.41) is 3.16. The third kappa shape index (κ3) is 7.97. The van der Waals surface area contributed by atoms with Crippen LogP contribution in [0, 0.1) is 0 Å². The van der Waals surface area contributed by atoms with E-state index in [-0.39, 0.29) is 18.9 Å². The van der Waals surface area contributed by atoms with Gasteiger partial charge in [-0.2, -0.15) is 0 Å². The minimum atomic E-state index is -3.66. The summed E-state index contributed by atoms with van der Waals surface area (Å²) >= 11 is 6.16. The van der Waals surface area contributed by atoms with Crippen molar-refractivity contribution in [2.75, 3.05) is 30.3 Å². The van der Waals surface area contributed by atoms with E-state index < -0.39 is 10.0 Å². The van der Waals surface area contributed by atoms with Gasteiger partial charge in [-0.1, -0.05) is 48.0 Å². The van der Waals surface area contributed by atoms with Gasteiger partial charge >= 0.3 is 0 Å². The van der Waals surface area contributed by atoms with E-state index in [2.05, 4.69) is 5.32 Å². The maximum Gasteiger partial charge on any atom is 0.232 e. The molecule has 0 aliphatic rings. The normalized spacial score (nSPS) is 11.0. The van der Waals surface area contributed by atoms with Gasteiger partial charge in [-0.15, -0.1) is 0 Å². The molecule has 0 aliphatic heterocycles. The Morgan fingerprint density at radius 3 is 2.26 bits per heavy atom. The van der Waals surface area contributed by atoms with E-state index in [0.717, 1.165) is 12.0 Å². The average molecular weight is 503 g/mol. The highest BCUT2D eigenvalue weighted by molar-refractivity contribution is 7.92. The predicted octanol–water partition coefficient (Wildman–Crippen LogP) is 4.87. The number of ether oxygens (including phenoxy) is 2. The largest absolute Gasteiger partial charge is 0.492 e. The van der Waals surface area contributed by atoms with Gasteiger partial charge in [0.1, 0.15) is 18.1 Å². The molecule has 3 rings (SSSR count). The molecule has 9 heteroatoms. The number of hydrogen-bond donors (Lipinski definition) is 1. The molecule has 0 saturated heterocycles. The van der Waals surface area contributed by atoms with E-state index in [1.807, 2.05) is 48.5 Å². The number of hydrogen-bond acceptors (Lipinski definition) is 5. The topological polar surface area (TPSA) is 84.9 Å². The molecule has 0 spiro atoms. The summed E-state index contributed by atoms with van der Waals surface area (Å²) in [7, 11) is -3.66. The number of amides is 1. The lowest BCUT2D eigenvalue weighted by atomic mass is 10.2. The lowest BCUT2D eigenvalue weighted by Gasteiger charge is -2.25. The molecule has 7 nitrogen and oxygen atoms in total. The van der Waals surface area contributed by atoms with Crippen LogP contribution in [-0.4, -0.2) is 40.3 Å². The first-order valence-electron chi connectivity index (χ1n) is 10.8. The second-order valence-electron chi connectivity index (χ2n) is 7.48. The van der Waals surface area contributed by atoms with Gasteiger partial charge in [0.05, 0.1) is 18.5 Å². The smallest absolute Gasteiger partial charge is 0.232 e. The number of nitrogens with one attached hydrogen (secondary N) is 1. The third-order valence-electron chi connectivity index (χ3n) is 4.76. The molecule has 0 unspecified atom stereocenters. The van der Waals surface area contributed by atoms with Crippen molar-refractivity contribution in [1.29, 1.82) is 0 Å². The Balaban J connectivity index is 1.58. The first-order chi connectivity index (χ1) is 16.3. The van der Waals surface area contributed by atoms with Gasteiger partial charge < -0.3 is 14.8 Å². The SMILES string of the molecule is CS(=O)(=O)N(CCCC(=O)NCCOc1ccccc1)c1cc(Cl)ccc1Oc1ccccc1. The van der Waals surface area contributed by atoms with Crippen molar-refractivity contribution < 1.29 is 22.7 Å². The summed E-state index contributed by atoms with van der Waals surface area (Å²) in [6.07, 6.45) is 1.59. The molecule has 1 amide bonds. The van der Waals surface area contributed by atoms with Crippen LogP contribution in [0.4, 0.5) is 5.69 Å². The quantitative estimate of drug-likeness (QED) is 0.357. The number of carbonyl (C=O) groups is 1. The number of anilines is 1. The van der Waals surface area contributed by atoms with Crippen molar-refractivity contribution >= 4 is 33.2 Å². The number of sulfonamides is 1. The van der Waals surface area contributed by atoms with Gasteiger partial charge in [0.25, 0.3) is 0 Å². The van der Waals surface area contributed by atoms with Crippen LogP contribution in [0.15, 0.2) is 78.9 Å². The van der Waals surface area contributed by atoms with Crippen LogP contribution in [0.1, 0.15) is 12.8 Å². The molecule has 0 saturated carbocycles. The predicted molar refractivity (Wildman–Crippen MR) is 134 cm³/mol. The Hall–Kier alpha value is -3.23. The molecule has 0 bridgehead atoms. The van der Waals surface area contributed by atoms with E-state index >= 15 is 0 Å². The molecule has 0 aromatic heterocycles. The van der Waals surface area contributed by atoms with E-state index in [4.69, 9.17) is 21.1 Å². The van der Waals surface area contributed by atoms with Crippen LogP contribution in [0.3, 0.4) is 0 Å². The lowest BCUT2D eigenvalue weighted by molar-refractivity contribution is -0.121. The fourth-order valence-electron chi connectivity index (χ4n) is 3.20. The molecule has 180 valence electrons. The summed E-state index contributed by atoms with van der Waals surface area (Å²) < 4.78 is 37.8. The first kappa shape index (κ1) is 25.4. The minimum Gasteiger partial charge on any atom is -0.492 e. The summed E-state index contributed by atoms with van der Waals surface area (Å²) in [6.45, 7) is 0.791. The minimum absolute atomic E-state index is 0.0955. The van der Waals surface area contributed by atoms with Crippen molar-refractivity contribution in [3.05, 3.63) is 83.9 Å². The van der Waals surface area contributed by atoms with Crippen LogP contribution >= 0.6 is 11.6 Å². The van der Waals surface area contributed by atoms with Crippen molar-refractivity contribution in [3.63, 3.8) is 0 Å². The Morgan fingerprint density at radius 2 is 1.62 bits per heavy atom. The molecule has 0 fully saturated rings. The van der Waals surface area contributed by atoms with Gasteiger partial charge in [-0.3, -0.25) is 9.10 Å². The van der Waals surface area contributed by atoms with Gasteiger partial charge in [-0.25, -0.2) is 8.42 Å². The fraction of sp³-hybridized carbons (Fsp3) is 0.240. The molecule has 0 aliphatic carbocycles. The van der Waals surface area contributed by atoms with Crippen molar-refractivity contribution in [3.8, 4) is 17.2 Å². The summed E-state index contributed by atoms with van der Waals surface area (Å²) in [5.74, 6) is 1.47. The summed E-state index contributed by atoms with van der Waals surface area (Å²) in [6, 6.07) is 23.2. The molecule has 3 aromatic rings. The lowest BCUT2D eigenvalue weighted by Crippen LogP contribution is -2.33. The zero-order chi connectivity index (χ0) is 24.4. The molecule has 34 heavy (non-hydrogen) atoms.